The van der Waals surface area contributed by atoms with Gasteiger partial charge in [0.15, 0.2) is 11.5 Å². The third kappa shape index (κ3) is 2.36. The molecule has 16 heavy (non-hydrogen) atoms. The summed E-state index contributed by atoms with van der Waals surface area (Å²) in [7, 11) is 1.34. The van der Waals surface area contributed by atoms with Crippen LogP contribution in [0.1, 0.15) is 24.2 Å². The van der Waals surface area contributed by atoms with Gasteiger partial charge in [0.05, 0.1) is 12.0 Å². The number of Topliss-reactive ketones (excluding diaryl/α,β-unsaturated/α-hetero) is 1. The number of methoxy groups -OCH3 is 1. The number of hydrogen-bond acceptors (Lipinski definition) is 4. The van der Waals surface area contributed by atoms with Gasteiger partial charge < -0.3 is 4.74 Å². The van der Waals surface area contributed by atoms with Crippen molar-refractivity contribution >= 4 is 11.5 Å². The number of carbonyl (C=O) groups is 1. The number of rotatable bonds is 4. The summed E-state index contributed by atoms with van der Waals surface area (Å²) >= 11 is 0. The summed E-state index contributed by atoms with van der Waals surface area (Å²) in [5.74, 6) is -0.101. The lowest BCUT2D eigenvalue weighted by Crippen LogP contribution is -2.08. The third-order valence-corrected chi connectivity index (χ3v) is 2.19. The number of benzene rings is 1. The van der Waals surface area contributed by atoms with E-state index in [1.807, 2.05) is 0 Å². The van der Waals surface area contributed by atoms with Crippen molar-refractivity contribution < 1.29 is 14.5 Å². The van der Waals surface area contributed by atoms with Crippen LogP contribution in [0.5, 0.6) is 5.75 Å². The average molecular weight is 223 g/mol. The van der Waals surface area contributed by atoms with Gasteiger partial charge in [0.1, 0.15) is 0 Å². The molecular weight excluding hydrogens is 210 g/mol. The minimum atomic E-state index is -0.539. The average Bonchev–Trinajstić information content (AvgIpc) is 2.26. The first-order valence-corrected chi connectivity index (χ1v) is 4.84. The van der Waals surface area contributed by atoms with Gasteiger partial charge in [-0.3, -0.25) is 14.9 Å². The molecule has 0 amide bonds. The first-order chi connectivity index (χ1) is 7.47. The van der Waals surface area contributed by atoms with Gasteiger partial charge in [0, 0.05) is 17.5 Å². The van der Waals surface area contributed by atoms with Crippen molar-refractivity contribution in [3.8, 4) is 5.75 Å². The van der Waals surface area contributed by atoms with Crippen LogP contribution < -0.4 is 4.74 Å². The fourth-order valence-corrected chi connectivity index (χ4v) is 1.32. The van der Waals surface area contributed by atoms with E-state index in [0.717, 1.165) is 0 Å². The lowest BCUT2D eigenvalue weighted by Gasteiger charge is -2.06. The van der Waals surface area contributed by atoms with Crippen molar-refractivity contribution in [3.05, 3.63) is 33.9 Å². The molecule has 1 aromatic carbocycles. The third-order valence-electron chi connectivity index (χ3n) is 2.19. The number of carbonyl (C=O) groups excluding carboxylic acids is 1. The van der Waals surface area contributed by atoms with Crippen LogP contribution in [0.3, 0.4) is 0 Å². The standard InChI is InChI=1S/C11H13NO4/c1-7(2)11(13)8-4-5-9(12(14)15)10(6-8)16-3/h4-7H,1-3H3. The predicted molar refractivity (Wildman–Crippen MR) is 58.8 cm³/mol. The predicted octanol–water partition coefficient (Wildman–Crippen LogP) is 2.44. The molecule has 0 spiro atoms. The maximum atomic E-state index is 11.7. The van der Waals surface area contributed by atoms with Gasteiger partial charge in [-0.2, -0.15) is 0 Å². The Morgan fingerprint density at radius 1 is 1.44 bits per heavy atom. The summed E-state index contributed by atoms with van der Waals surface area (Å²) < 4.78 is 4.88. The Bertz CT molecular complexity index is 426. The first kappa shape index (κ1) is 12.2. The van der Waals surface area contributed by atoms with E-state index < -0.39 is 4.92 Å². The van der Waals surface area contributed by atoms with Gasteiger partial charge in [0.2, 0.25) is 0 Å². The van der Waals surface area contributed by atoms with E-state index in [9.17, 15) is 14.9 Å². The van der Waals surface area contributed by atoms with Crippen LogP contribution in [0.2, 0.25) is 0 Å². The van der Waals surface area contributed by atoms with E-state index in [0.29, 0.717) is 5.56 Å². The molecule has 0 N–H and O–H groups in total. The summed E-state index contributed by atoms with van der Waals surface area (Å²) in [5, 5.41) is 10.6. The second-order valence-corrected chi connectivity index (χ2v) is 3.66. The largest absolute Gasteiger partial charge is 0.490 e. The number of ketones is 1. The summed E-state index contributed by atoms with van der Waals surface area (Å²) in [4.78, 5) is 21.8. The SMILES string of the molecule is COc1cc(C(=O)C(C)C)ccc1[N+](=O)[O-]. The normalized spacial score (nSPS) is 10.2. The van der Waals surface area contributed by atoms with Crippen molar-refractivity contribution in [1.82, 2.24) is 0 Å². The molecule has 1 rings (SSSR count). The van der Waals surface area contributed by atoms with E-state index in [1.54, 1.807) is 13.8 Å². The molecule has 0 bridgehead atoms. The fraction of sp³-hybridized carbons (Fsp3) is 0.364. The number of hydrogen-bond donors (Lipinski definition) is 0. The van der Waals surface area contributed by atoms with Gasteiger partial charge in [-0.1, -0.05) is 13.8 Å². The molecule has 0 saturated carbocycles. The second-order valence-electron chi connectivity index (χ2n) is 3.66. The van der Waals surface area contributed by atoms with Crippen LogP contribution in [-0.2, 0) is 0 Å². The number of nitro groups is 1. The Morgan fingerprint density at radius 3 is 2.50 bits per heavy atom. The van der Waals surface area contributed by atoms with Gasteiger partial charge in [-0.15, -0.1) is 0 Å². The van der Waals surface area contributed by atoms with Crippen molar-refractivity contribution in [2.45, 2.75) is 13.8 Å². The first-order valence-electron chi connectivity index (χ1n) is 4.84. The number of ether oxygens (including phenoxy) is 1. The van der Waals surface area contributed by atoms with E-state index in [1.165, 1.54) is 25.3 Å². The van der Waals surface area contributed by atoms with Crippen molar-refractivity contribution in [2.75, 3.05) is 7.11 Å². The van der Waals surface area contributed by atoms with Crippen LogP contribution in [-0.4, -0.2) is 17.8 Å². The zero-order chi connectivity index (χ0) is 12.3. The summed E-state index contributed by atoms with van der Waals surface area (Å²) in [6.45, 7) is 3.55. The van der Waals surface area contributed by atoms with Crippen LogP contribution >= 0.6 is 0 Å². The zero-order valence-corrected chi connectivity index (χ0v) is 9.39. The number of nitro benzene ring substituents is 1. The second kappa shape index (κ2) is 4.74. The maximum Gasteiger partial charge on any atom is 0.310 e. The molecule has 0 radical (unpaired) electrons. The molecule has 0 aliphatic carbocycles. The molecule has 0 aromatic heterocycles. The Hall–Kier alpha value is -1.91. The number of nitrogens with zero attached hydrogens (tertiary/aromatic N) is 1. The highest BCUT2D eigenvalue weighted by atomic mass is 16.6. The highest BCUT2D eigenvalue weighted by molar-refractivity contribution is 5.98. The molecule has 0 unspecified atom stereocenters. The molecular formula is C11H13NO4. The lowest BCUT2D eigenvalue weighted by molar-refractivity contribution is -0.385. The lowest BCUT2D eigenvalue weighted by atomic mass is 10.0. The van der Waals surface area contributed by atoms with E-state index in [4.69, 9.17) is 4.74 Å². The molecule has 0 aliphatic heterocycles. The molecule has 5 heteroatoms. The maximum absolute atomic E-state index is 11.7. The van der Waals surface area contributed by atoms with Crippen LogP contribution in [0, 0.1) is 16.0 Å². The Balaban J connectivity index is 3.19. The molecule has 0 saturated heterocycles. The Morgan fingerprint density at radius 2 is 2.06 bits per heavy atom. The Kier molecular flexibility index (Phi) is 3.60. The van der Waals surface area contributed by atoms with Gasteiger partial charge in [-0.05, 0) is 12.1 Å². The van der Waals surface area contributed by atoms with Crippen LogP contribution in [0.15, 0.2) is 18.2 Å². The highest BCUT2D eigenvalue weighted by Crippen LogP contribution is 2.28. The van der Waals surface area contributed by atoms with Gasteiger partial charge in [-0.25, -0.2) is 0 Å². The van der Waals surface area contributed by atoms with Crippen molar-refractivity contribution in [2.24, 2.45) is 5.92 Å². The summed E-state index contributed by atoms with van der Waals surface area (Å²) in [6, 6.07) is 4.14. The van der Waals surface area contributed by atoms with Gasteiger partial charge >= 0.3 is 5.69 Å². The van der Waals surface area contributed by atoms with Crippen molar-refractivity contribution in [3.63, 3.8) is 0 Å². The topological polar surface area (TPSA) is 69.4 Å². The molecule has 5 nitrogen and oxygen atoms in total. The quantitative estimate of drug-likeness (QED) is 0.446. The van der Waals surface area contributed by atoms with Gasteiger partial charge in [0.25, 0.3) is 0 Å². The van der Waals surface area contributed by atoms with E-state index in [-0.39, 0.29) is 23.1 Å². The molecule has 86 valence electrons. The Labute approximate surface area is 93.2 Å². The molecule has 0 heterocycles. The zero-order valence-electron chi connectivity index (χ0n) is 9.39. The van der Waals surface area contributed by atoms with Crippen molar-refractivity contribution in [1.29, 1.82) is 0 Å². The van der Waals surface area contributed by atoms with E-state index >= 15 is 0 Å². The molecule has 0 aliphatic rings. The minimum Gasteiger partial charge on any atom is -0.490 e. The fourth-order valence-electron chi connectivity index (χ4n) is 1.32. The minimum absolute atomic E-state index is 0.0619. The van der Waals surface area contributed by atoms with E-state index in [2.05, 4.69) is 0 Å². The summed E-state index contributed by atoms with van der Waals surface area (Å²) in [6.07, 6.45) is 0. The van der Waals surface area contributed by atoms with Crippen LogP contribution in [0.25, 0.3) is 0 Å². The van der Waals surface area contributed by atoms with Crippen LogP contribution in [0.4, 0.5) is 5.69 Å². The molecule has 0 fully saturated rings. The monoisotopic (exact) mass is 223 g/mol. The molecule has 0 atom stereocenters. The smallest absolute Gasteiger partial charge is 0.310 e. The summed E-state index contributed by atoms with van der Waals surface area (Å²) in [5.41, 5.74) is 0.292. The highest BCUT2D eigenvalue weighted by Gasteiger charge is 2.18. The molecule has 1 aromatic rings.